The van der Waals surface area contributed by atoms with Crippen LogP contribution in [0.2, 0.25) is 0 Å². The van der Waals surface area contributed by atoms with E-state index in [0.29, 0.717) is 0 Å². The molecule has 2 atom stereocenters. The number of nitrogens with zero attached hydrogens (tertiary/aromatic N) is 1. The zero-order valence-electron chi connectivity index (χ0n) is 12.7. The maximum absolute atomic E-state index is 3.51. The van der Waals surface area contributed by atoms with Crippen molar-refractivity contribution in [3.05, 3.63) is 0 Å². The van der Waals surface area contributed by atoms with Crippen molar-refractivity contribution in [1.82, 2.24) is 10.2 Å². The van der Waals surface area contributed by atoms with E-state index in [-0.39, 0.29) is 0 Å². The van der Waals surface area contributed by atoms with Crippen LogP contribution in [-0.2, 0) is 0 Å². The van der Waals surface area contributed by atoms with E-state index < -0.39 is 0 Å². The summed E-state index contributed by atoms with van der Waals surface area (Å²) in [7, 11) is 0. The lowest BCUT2D eigenvalue weighted by atomic mass is 9.91. The van der Waals surface area contributed by atoms with Gasteiger partial charge in [-0.25, -0.2) is 0 Å². The summed E-state index contributed by atoms with van der Waals surface area (Å²) in [5.41, 5.74) is 0.753. The van der Waals surface area contributed by atoms with E-state index in [1.165, 1.54) is 64.7 Å². The van der Waals surface area contributed by atoms with E-state index in [2.05, 4.69) is 31.0 Å². The Kier molecular flexibility index (Phi) is 5.08. The maximum atomic E-state index is 3.51. The molecule has 1 aliphatic heterocycles. The molecule has 1 aliphatic carbocycles. The third-order valence-electron chi connectivity index (χ3n) is 5.43. The van der Waals surface area contributed by atoms with Crippen molar-refractivity contribution >= 4 is 0 Å². The van der Waals surface area contributed by atoms with Gasteiger partial charge in [0.05, 0.1) is 0 Å². The average molecular weight is 252 g/mol. The molecule has 2 fully saturated rings. The Hall–Kier alpha value is -0.0800. The topological polar surface area (TPSA) is 15.3 Å². The Morgan fingerprint density at radius 2 is 2.00 bits per heavy atom. The molecule has 0 radical (unpaired) electrons. The van der Waals surface area contributed by atoms with Crippen LogP contribution in [0.5, 0.6) is 0 Å². The van der Waals surface area contributed by atoms with Crippen molar-refractivity contribution < 1.29 is 0 Å². The van der Waals surface area contributed by atoms with Gasteiger partial charge in [0.15, 0.2) is 0 Å². The van der Waals surface area contributed by atoms with E-state index in [9.17, 15) is 0 Å². The van der Waals surface area contributed by atoms with Crippen molar-refractivity contribution in [2.45, 2.75) is 65.3 Å². The van der Waals surface area contributed by atoms with Crippen LogP contribution in [-0.4, -0.2) is 37.1 Å². The van der Waals surface area contributed by atoms with Gasteiger partial charge in [-0.3, -0.25) is 0 Å². The summed E-state index contributed by atoms with van der Waals surface area (Å²) in [6, 6.07) is 0.774. The first-order valence-electron chi connectivity index (χ1n) is 8.16. The van der Waals surface area contributed by atoms with Crippen LogP contribution in [0.15, 0.2) is 0 Å². The minimum absolute atomic E-state index is 0.753. The highest BCUT2D eigenvalue weighted by Gasteiger charge is 2.53. The molecule has 1 N–H and O–H groups in total. The number of piperidine rings is 1. The molecule has 0 bridgehead atoms. The molecule has 106 valence electrons. The summed E-state index contributed by atoms with van der Waals surface area (Å²) in [5.74, 6) is 1.01. The predicted octanol–water partition coefficient (Wildman–Crippen LogP) is 3.28. The number of unbranched alkanes of at least 4 members (excludes halogenated alkanes) is 1. The van der Waals surface area contributed by atoms with Crippen LogP contribution >= 0.6 is 0 Å². The molecule has 2 nitrogen and oxygen atoms in total. The van der Waals surface area contributed by atoms with Gasteiger partial charge in [-0.15, -0.1) is 0 Å². The molecule has 0 aromatic carbocycles. The van der Waals surface area contributed by atoms with Gasteiger partial charge >= 0.3 is 0 Å². The first-order chi connectivity index (χ1) is 8.72. The van der Waals surface area contributed by atoms with Crippen molar-refractivity contribution in [1.29, 1.82) is 0 Å². The molecule has 2 heteroatoms. The highest BCUT2D eigenvalue weighted by Crippen LogP contribution is 2.58. The minimum Gasteiger partial charge on any atom is -0.317 e. The first-order valence-corrected chi connectivity index (χ1v) is 8.16. The molecule has 0 amide bonds. The molecular weight excluding hydrogens is 220 g/mol. The summed E-state index contributed by atoms with van der Waals surface area (Å²) in [5, 5.41) is 3.51. The summed E-state index contributed by atoms with van der Waals surface area (Å²) < 4.78 is 0. The molecule has 1 saturated heterocycles. The summed E-state index contributed by atoms with van der Waals surface area (Å²) in [4.78, 5) is 2.77. The van der Waals surface area contributed by atoms with Crippen molar-refractivity contribution in [2.75, 3.05) is 26.2 Å². The molecule has 2 rings (SSSR count). The van der Waals surface area contributed by atoms with Gasteiger partial charge in [0, 0.05) is 12.6 Å². The van der Waals surface area contributed by atoms with Crippen LogP contribution in [0.3, 0.4) is 0 Å². The normalized spacial score (nSPS) is 27.7. The van der Waals surface area contributed by atoms with Gasteiger partial charge in [0.2, 0.25) is 0 Å². The van der Waals surface area contributed by atoms with Crippen LogP contribution in [0.25, 0.3) is 0 Å². The summed E-state index contributed by atoms with van der Waals surface area (Å²) in [6.07, 6.45) is 8.36. The fraction of sp³-hybridized carbons (Fsp3) is 1.00. The highest BCUT2D eigenvalue weighted by molar-refractivity contribution is 5.05. The van der Waals surface area contributed by atoms with Crippen LogP contribution < -0.4 is 5.32 Å². The Morgan fingerprint density at radius 3 is 2.61 bits per heavy atom. The number of nitrogens with one attached hydrogen (secondary N) is 1. The van der Waals surface area contributed by atoms with Crippen LogP contribution in [0.4, 0.5) is 0 Å². The Morgan fingerprint density at radius 1 is 1.28 bits per heavy atom. The lowest BCUT2D eigenvalue weighted by molar-refractivity contribution is 0.175. The van der Waals surface area contributed by atoms with E-state index >= 15 is 0 Å². The van der Waals surface area contributed by atoms with E-state index in [4.69, 9.17) is 0 Å². The first kappa shape index (κ1) is 14.3. The quantitative estimate of drug-likeness (QED) is 0.748. The van der Waals surface area contributed by atoms with Gasteiger partial charge in [-0.1, -0.05) is 20.3 Å². The van der Waals surface area contributed by atoms with Crippen molar-refractivity contribution in [3.63, 3.8) is 0 Å². The SMILES string of the molecule is CCCCN(CC1CC12CCNCC2)C(C)CC. The van der Waals surface area contributed by atoms with E-state index in [1.54, 1.807) is 0 Å². The summed E-state index contributed by atoms with van der Waals surface area (Å²) in [6.45, 7) is 12.2. The van der Waals surface area contributed by atoms with Crippen LogP contribution in [0.1, 0.15) is 59.3 Å². The smallest absolute Gasteiger partial charge is 0.00644 e. The Labute approximate surface area is 114 Å². The van der Waals surface area contributed by atoms with Crippen LogP contribution in [0, 0.1) is 11.3 Å². The maximum Gasteiger partial charge on any atom is 0.00644 e. The Balaban J connectivity index is 1.82. The van der Waals surface area contributed by atoms with Gasteiger partial charge < -0.3 is 10.2 Å². The van der Waals surface area contributed by atoms with E-state index in [0.717, 1.165) is 17.4 Å². The second-order valence-corrected chi connectivity index (χ2v) is 6.62. The largest absolute Gasteiger partial charge is 0.317 e. The van der Waals surface area contributed by atoms with Gasteiger partial charge in [0.1, 0.15) is 0 Å². The fourth-order valence-corrected chi connectivity index (χ4v) is 3.62. The van der Waals surface area contributed by atoms with E-state index in [1.807, 2.05) is 0 Å². The van der Waals surface area contributed by atoms with Gasteiger partial charge in [-0.2, -0.15) is 0 Å². The molecule has 0 aromatic heterocycles. The van der Waals surface area contributed by atoms with Gasteiger partial charge in [-0.05, 0) is 70.0 Å². The monoisotopic (exact) mass is 252 g/mol. The molecule has 2 aliphatic rings. The fourth-order valence-electron chi connectivity index (χ4n) is 3.62. The number of rotatable bonds is 7. The molecule has 18 heavy (non-hydrogen) atoms. The lowest BCUT2D eigenvalue weighted by Crippen LogP contribution is -2.37. The van der Waals surface area contributed by atoms with Crippen molar-refractivity contribution in [3.8, 4) is 0 Å². The molecule has 1 spiro atoms. The summed E-state index contributed by atoms with van der Waals surface area (Å²) >= 11 is 0. The zero-order chi connectivity index (χ0) is 13.0. The second-order valence-electron chi connectivity index (χ2n) is 6.62. The van der Waals surface area contributed by atoms with Crippen molar-refractivity contribution in [2.24, 2.45) is 11.3 Å². The molecule has 2 unspecified atom stereocenters. The molecular formula is C16H32N2. The Bertz CT molecular complexity index is 245. The molecule has 0 aromatic rings. The number of hydrogen-bond acceptors (Lipinski definition) is 2. The third kappa shape index (κ3) is 3.27. The standard InChI is InChI=1S/C16H32N2/c1-4-6-11-18(14(3)5-2)13-15-12-16(15)7-9-17-10-8-16/h14-15,17H,4-13H2,1-3H3. The molecule has 1 heterocycles. The predicted molar refractivity (Wildman–Crippen MR) is 78.9 cm³/mol. The average Bonchev–Trinajstić information content (AvgIpc) is 3.06. The molecule has 1 saturated carbocycles. The second kappa shape index (κ2) is 6.38. The third-order valence-corrected chi connectivity index (χ3v) is 5.43. The zero-order valence-corrected chi connectivity index (χ0v) is 12.7. The lowest BCUT2D eigenvalue weighted by Gasteiger charge is -2.31. The number of hydrogen-bond donors (Lipinski definition) is 1. The van der Waals surface area contributed by atoms with Gasteiger partial charge in [0.25, 0.3) is 0 Å². The minimum atomic E-state index is 0.753. The highest BCUT2D eigenvalue weighted by atomic mass is 15.2.